The maximum atomic E-state index is 13.6. The van der Waals surface area contributed by atoms with Crippen LogP contribution in [-0.4, -0.2) is 87.7 Å². The molecule has 3 aliphatic heterocycles. The monoisotopic (exact) mass is 613 g/mol. The third-order valence-electron chi connectivity index (χ3n) is 9.68. The predicted octanol–water partition coefficient (Wildman–Crippen LogP) is 6.01. The van der Waals surface area contributed by atoms with Gasteiger partial charge in [0.25, 0.3) is 5.91 Å². The van der Waals surface area contributed by atoms with Crippen LogP contribution in [0.25, 0.3) is 0 Å². The number of aromatic nitrogens is 2. The average Bonchev–Trinajstić information content (AvgIpc) is 3.57. The molecule has 1 amide bonds. The highest BCUT2D eigenvalue weighted by atomic mass is 16.5. The molecule has 0 spiro atoms. The third kappa shape index (κ3) is 8.07. The molecule has 1 aromatic carbocycles. The van der Waals surface area contributed by atoms with Crippen molar-refractivity contribution in [3.8, 4) is 0 Å². The first-order valence-corrected chi connectivity index (χ1v) is 16.3. The van der Waals surface area contributed by atoms with E-state index < -0.39 is 5.97 Å². The highest BCUT2D eigenvalue weighted by Crippen LogP contribution is 2.32. The second-order valence-electron chi connectivity index (χ2n) is 12.6. The van der Waals surface area contributed by atoms with Crippen LogP contribution in [0.15, 0.2) is 66.5 Å². The lowest BCUT2D eigenvalue weighted by Crippen LogP contribution is -2.46. The van der Waals surface area contributed by atoms with E-state index in [9.17, 15) is 14.7 Å². The first-order valence-electron chi connectivity index (χ1n) is 16.3. The minimum Gasteiger partial charge on any atom is -0.478 e. The molecule has 0 aliphatic carbocycles. The molecule has 45 heavy (non-hydrogen) atoms. The summed E-state index contributed by atoms with van der Waals surface area (Å²) >= 11 is 0. The lowest BCUT2D eigenvalue weighted by atomic mass is 9.97. The van der Waals surface area contributed by atoms with Crippen molar-refractivity contribution in [2.75, 3.05) is 38.0 Å². The van der Waals surface area contributed by atoms with Crippen molar-refractivity contribution in [1.29, 1.82) is 0 Å². The Bertz CT molecular complexity index is 1430. The lowest BCUT2D eigenvalue weighted by molar-refractivity contribution is -0.0212. The summed E-state index contributed by atoms with van der Waals surface area (Å²) in [6, 6.07) is 7.74. The molecule has 0 bridgehead atoms. The molecule has 0 saturated carbocycles. The molecule has 3 aliphatic rings. The SMILES string of the molecule is C=C(/C=C\C(C)=C/C)[C@@H]1CCC[C@H](CNc2ncnc(C(=O)N3CCC(N4CCC(c5ccc(C(=O)O)cc5)C4)CC3)c2C)O1. The summed E-state index contributed by atoms with van der Waals surface area (Å²) in [7, 11) is 0. The number of carbonyl (C=O) groups is 2. The summed E-state index contributed by atoms with van der Waals surface area (Å²) in [6.45, 7) is 14.3. The molecule has 9 heteroatoms. The number of carbonyl (C=O) groups excluding carboxylic acids is 1. The number of carboxylic acids is 1. The van der Waals surface area contributed by atoms with Crippen molar-refractivity contribution in [3.63, 3.8) is 0 Å². The number of hydrogen-bond acceptors (Lipinski definition) is 7. The van der Waals surface area contributed by atoms with Gasteiger partial charge in [-0.3, -0.25) is 9.69 Å². The number of piperidine rings is 1. The van der Waals surface area contributed by atoms with Crippen molar-refractivity contribution in [2.24, 2.45) is 0 Å². The van der Waals surface area contributed by atoms with Crippen LogP contribution in [0.2, 0.25) is 0 Å². The number of rotatable bonds is 10. The van der Waals surface area contributed by atoms with Crippen molar-refractivity contribution in [2.45, 2.75) is 83.5 Å². The Balaban J connectivity index is 1.11. The normalized spacial score (nSPS) is 23.4. The highest BCUT2D eigenvalue weighted by Gasteiger charge is 2.33. The molecule has 3 atom stereocenters. The Morgan fingerprint density at radius 1 is 1.07 bits per heavy atom. The molecule has 4 heterocycles. The van der Waals surface area contributed by atoms with Gasteiger partial charge in [-0.15, -0.1) is 0 Å². The molecular weight excluding hydrogens is 566 g/mol. The average molecular weight is 614 g/mol. The van der Waals surface area contributed by atoms with E-state index in [1.54, 1.807) is 12.1 Å². The molecule has 0 radical (unpaired) electrons. The topological polar surface area (TPSA) is 108 Å². The first-order chi connectivity index (χ1) is 21.7. The van der Waals surface area contributed by atoms with Crippen molar-refractivity contribution >= 4 is 17.7 Å². The van der Waals surface area contributed by atoms with E-state index in [-0.39, 0.29) is 18.1 Å². The maximum absolute atomic E-state index is 13.6. The zero-order valence-electron chi connectivity index (χ0n) is 26.9. The molecular formula is C36H47N5O4. The quantitative estimate of drug-likeness (QED) is 0.314. The number of likely N-dealkylation sites (tertiary alicyclic amines) is 2. The van der Waals surface area contributed by atoms with Crippen LogP contribution < -0.4 is 5.32 Å². The van der Waals surface area contributed by atoms with Gasteiger partial charge in [-0.1, -0.05) is 42.5 Å². The zero-order valence-corrected chi connectivity index (χ0v) is 26.9. The first kappa shape index (κ1) is 32.6. The number of hydrogen-bond donors (Lipinski definition) is 2. The van der Waals surface area contributed by atoms with E-state index >= 15 is 0 Å². The Labute approximate surface area is 267 Å². The van der Waals surface area contributed by atoms with Crippen molar-refractivity contribution in [1.82, 2.24) is 19.8 Å². The lowest BCUT2D eigenvalue weighted by Gasteiger charge is -2.37. The van der Waals surface area contributed by atoms with Crippen molar-refractivity contribution in [3.05, 3.63) is 88.9 Å². The zero-order chi connectivity index (χ0) is 31.9. The Morgan fingerprint density at radius 2 is 1.82 bits per heavy atom. The third-order valence-corrected chi connectivity index (χ3v) is 9.68. The fourth-order valence-electron chi connectivity index (χ4n) is 6.69. The van der Waals surface area contributed by atoms with Crippen LogP contribution in [-0.2, 0) is 4.74 Å². The van der Waals surface area contributed by atoms with Gasteiger partial charge in [0.1, 0.15) is 17.8 Å². The molecule has 240 valence electrons. The Hall–Kier alpha value is -3.82. The van der Waals surface area contributed by atoms with Crippen LogP contribution in [0, 0.1) is 6.92 Å². The summed E-state index contributed by atoms with van der Waals surface area (Å²) in [5.74, 6) is 0.156. The molecule has 3 fully saturated rings. The smallest absolute Gasteiger partial charge is 0.335 e. The van der Waals surface area contributed by atoms with Gasteiger partial charge in [0.05, 0.1) is 17.8 Å². The van der Waals surface area contributed by atoms with Crippen LogP contribution in [0.5, 0.6) is 0 Å². The molecule has 1 unspecified atom stereocenters. The molecule has 2 N–H and O–H groups in total. The van der Waals surface area contributed by atoms with Gasteiger partial charge in [-0.05, 0) is 95.0 Å². The van der Waals surface area contributed by atoms with E-state index in [2.05, 4.69) is 51.9 Å². The van der Waals surface area contributed by atoms with Crippen LogP contribution in [0.3, 0.4) is 0 Å². The van der Waals surface area contributed by atoms with E-state index in [0.29, 0.717) is 48.7 Å². The molecule has 1 aromatic heterocycles. The largest absolute Gasteiger partial charge is 0.478 e. The van der Waals surface area contributed by atoms with Crippen molar-refractivity contribution < 1.29 is 19.4 Å². The number of carboxylic acid groups (broad SMARTS) is 1. The molecule has 3 saturated heterocycles. The second kappa shape index (κ2) is 15.0. The maximum Gasteiger partial charge on any atom is 0.335 e. The van der Waals surface area contributed by atoms with Gasteiger partial charge in [-0.2, -0.15) is 0 Å². The fourth-order valence-corrected chi connectivity index (χ4v) is 6.69. The van der Waals surface area contributed by atoms with Crippen LogP contribution >= 0.6 is 0 Å². The highest BCUT2D eigenvalue weighted by molar-refractivity contribution is 5.94. The van der Waals surface area contributed by atoms with E-state index in [1.807, 2.05) is 30.9 Å². The molecule has 2 aromatic rings. The van der Waals surface area contributed by atoms with E-state index in [4.69, 9.17) is 4.74 Å². The Kier molecular flexibility index (Phi) is 10.8. The van der Waals surface area contributed by atoms with E-state index in [1.165, 1.54) is 17.5 Å². The summed E-state index contributed by atoms with van der Waals surface area (Å²) in [5.41, 5.74) is 4.94. The number of nitrogens with zero attached hydrogens (tertiary/aromatic N) is 4. The second-order valence-corrected chi connectivity index (χ2v) is 12.6. The van der Waals surface area contributed by atoms with Crippen LogP contribution in [0.1, 0.15) is 90.3 Å². The number of ether oxygens (including phenoxy) is 1. The summed E-state index contributed by atoms with van der Waals surface area (Å²) in [4.78, 5) is 38.1. The van der Waals surface area contributed by atoms with Gasteiger partial charge in [0.2, 0.25) is 0 Å². The van der Waals surface area contributed by atoms with Gasteiger partial charge in [0, 0.05) is 37.8 Å². The van der Waals surface area contributed by atoms with Gasteiger partial charge in [-0.25, -0.2) is 14.8 Å². The number of allylic oxidation sites excluding steroid dienone is 3. The number of benzene rings is 1. The minimum absolute atomic E-state index is 0.00910. The number of nitrogens with one attached hydrogen (secondary N) is 1. The van der Waals surface area contributed by atoms with E-state index in [0.717, 1.165) is 62.8 Å². The minimum atomic E-state index is -0.894. The predicted molar refractivity (Wildman–Crippen MR) is 177 cm³/mol. The van der Waals surface area contributed by atoms with Gasteiger partial charge < -0.3 is 20.1 Å². The van der Waals surface area contributed by atoms with Gasteiger partial charge >= 0.3 is 5.97 Å². The number of anilines is 1. The Morgan fingerprint density at radius 3 is 2.53 bits per heavy atom. The summed E-state index contributed by atoms with van der Waals surface area (Å²) in [6.07, 6.45) is 13.7. The molecule has 5 rings (SSSR count). The van der Waals surface area contributed by atoms with Crippen LogP contribution in [0.4, 0.5) is 5.82 Å². The number of amides is 1. The fraction of sp³-hybridized carbons (Fsp3) is 0.500. The molecule has 9 nitrogen and oxygen atoms in total. The summed E-state index contributed by atoms with van der Waals surface area (Å²) in [5, 5.41) is 12.6. The standard InChI is InChI=1S/C36H47N5O4/c1-5-24(2)9-10-25(3)32-8-6-7-31(45-32)21-37-34-26(4)33(38-23-39-34)35(42)40-19-16-30(17-20-40)41-18-15-29(22-41)27-11-13-28(14-12-27)36(43)44/h5,9-14,23,29-32H,3,6-8,15-22H2,1-2,4H3,(H,43,44)(H,37,38,39)/b10-9-,24-5-/t29?,31-,32+/m1/s1. The van der Waals surface area contributed by atoms with Gasteiger partial charge in [0.15, 0.2) is 0 Å². The number of aromatic carboxylic acids is 1. The summed E-state index contributed by atoms with van der Waals surface area (Å²) < 4.78 is 6.37.